The molecule has 0 spiro atoms. The molecule has 54 valence electrons. The van der Waals surface area contributed by atoms with Crippen LogP contribution in [-0.2, 0) is 0 Å². The van der Waals surface area contributed by atoms with Gasteiger partial charge in [-0.1, -0.05) is 11.6 Å². The second-order valence-electron chi connectivity index (χ2n) is 1.39. The molecule has 0 unspecified atom stereocenters. The fourth-order valence-electron chi connectivity index (χ4n) is 0.405. The first kappa shape index (κ1) is 4.51. The van der Waals surface area contributed by atoms with Crippen LogP contribution in [0.15, 0.2) is 10.8 Å². The lowest BCUT2D eigenvalue weighted by molar-refractivity contribution is 0.394. The van der Waals surface area contributed by atoms with Crippen LogP contribution in [0, 0.1) is 0 Å². The molecule has 0 N–H and O–H groups in total. The second-order valence-corrected chi connectivity index (χ2v) is 2.54. The van der Waals surface area contributed by atoms with E-state index in [1.807, 2.05) is 0 Å². The minimum Gasteiger partial charge on any atom is -0.480 e. The van der Waals surface area contributed by atoms with E-state index in [1.54, 1.807) is 0 Å². The van der Waals surface area contributed by atoms with Crippen molar-refractivity contribution in [3.8, 4) is 5.88 Å². The minimum absolute atomic E-state index is 0.0972. The summed E-state index contributed by atoms with van der Waals surface area (Å²) in [6, 6.07) is 0. The van der Waals surface area contributed by atoms with Gasteiger partial charge in [-0.05, 0) is 15.9 Å². The van der Waals surface area contributed by atoms with Crippen molar-refractivity contribution in [2.45, 2.75) is 0 Å². The summed E-state index contributed by atoms with van der Waals surface area (Å²) >= 11 is 8.58. The number of nitrogens with zero attached hydrogens (tertiary/aromatic N) is 2. The summed E-state index contributed by atoms with van der Waals surface area (Å²) in [6.07, 6.45) is 1.12. The monoisotopic (exact) mass is 225 g/mol. The SMILES string of the molecule is [2H]C([2H])([2H])Oc1ncnc(Cl)c1Br. The van der Waals surface area contributed by atoms with Gasteiger partial charge < -0.3 is 4.74 Å². The Balaban J connectivity index is 2.96. The van der Waals surface area contributed by atoms with Gasteiger partial charge >= 0.3 is 0 Å². The second kappa shape index (κ2) is 3.16. The van der Waals surface area contributed by atoms with E-state index in [1.165, 1.54) is 0 Å². The van der Waals surface area contributed by atoms with Crippen molar-refractivity contribution in [2.24, 2.45) is 0 Å². The molecular formula is C5H4BrClN2O. The number of hydrogen-bond acceptors (Lipinski definition) is 3. The molecule has 3 nitrogen and oxygen atoms in total. The highest BCUT2D eigenvalue weighted by Crippen LogP contribution is 2.27. The third-order valence-corrected chi connectivity index (χ3v) is 2.04. The van der Waals surface area contributed by atoms with Gasteiger partial charge in [0.2, 0.25) is 5.88 Å². The quantitative estimate of drug-likeness (QED) is 0.686. The Kier molecular flexibility index (Phi) is 1.43. The van der Waals surface area contributed by atoms with Crippen LogP contribution in [0.1, 0.15) is 4.11 Å². The molecule has 0 bridgehead atoms. The molecule has 1 heterocycles. The Morgan fingerprint density at radius 2 is 2.60 bits per heavy atom. The highest BCUT2D eigenvalue weighted by atomic mass is 79.9. The molecule has 0 aliphatic rings. The predicted octanol–water partition coefficient (Wildman–Crippen LogP) is 1.90. The molecule has 0 aromatic carbocycles. The highest BCUT2D eigenvalue weighted by Gasteiger charge is 2.04. The van der Waals surface area contributed by atoms with Gasteiger partial charge in [-0.2, -0.15) is 0 Å². The van der Waals surface area contributed by atoms with Crippen LogP contribution in [-0.4, -0.2) is 17.0 Å². The maximum Gasteiger partial charge on any atom is 0.232 e. The standard InChI is InChI=1S/C5H4BrClN2O/c1-10-5-3(6)4(7)8-2-9-5/h2H,1H3/i1D3. The summed E-state index contributed by atoms with van der Waals surface area (Å²) in [5.41, 5.74) is 0. The number of halogens is 2. The molecular weight excluding hydrogens is 219 g/mol. The van der Waals surface area contributed by atoms with Gasteiger partial charge in [-0.3, -0.25) is 0 Å². The van der Waals surface area contributed by atoms with Crippen molar-refractivity contribution in [3.05, 3.63) is 16.0 Å². The molecule has 0 aliphatic carbocycles. The van der Waals surface area contributed by atoms with Crippen LogP contribution in [0.25, 0.3) is 0 Å². The van der Waals surface area contributed by atoms with E-state index in [0.29, 0.717) is 0 Å². The number of methoxy groups -OCH3 is 1. The fourth-order valence-corrected chi connectivity index (χ4v) is 0.815. The molecule has 5 heteroatoms. The number of rotatable bonds is 1. The topological polar surface area (TPSA) is 35.0 Å². The third kappa shape index (κ3) is 1.38. The smallest absolute Gasteiger partial charge is 0.232 e. The fraction of sp³-hybridized carbons (Fsp3) is 0.200. The van der Waals surface area contributed by atoms with Crippen LogP contribution >= 0.6 is 27.5 Å². The Morgan fingerprint density at radius 1 is 1.80 bits per heavy atom. The Morgan fingerprint density at radius 3 is 3.30 bits per heavy atom. The molecule has 0 saturated carbocycles. The van der Waals surface area contributed by atoms with Crippen molar-refractivity contribution < 1.29 is 8.85 Å². The van der Waals surface area contributed by atoms with Crippen LogP contribution < -0.4 is 4.74 Å². The number of aromatic nitrogens is 2. The van der Waals surface area contributed by atoms with E-state index in [-0.39, 0.29) is 15.5 Å². The summed E-state index contributed by atoms with van der Waals surface area (Å²) in [5, 5.41) is 0.106. The van der Waals surface area contributed by atoms with Gasteiger partial charge in [-0.25, -0.2) is 9.97 Å². The third-order valence-electron chi connectivity index (χ3n) is 0.812. The molecule has 0 aliphatic heterocycles. The van der Waals surface area contributed by atoms with E-state index in [2.05, 4.69) is 30.6 Å². The lowest BCUT2D eigenvalue weighted by Crippen LogP contribution is -1.90. The molecule has 0 fully saturated rings. The maximum atomic E-state index is 6.82. The van der Waals surface area contributed by atoms with Crippen molar-refractivity contribution >= 4 is 27.5 Å². The number of hydrogen-bond donors (Lipinski definition) is 0. The molecule has 0 saturated heterocycles. The lowest BCUT2D eigenvalue weighted by atomic mass is 10.6. The Bertz CT molecular complexity index is 319. The van der Waals surface area contributed by atoms with Gasteiger partial charge in [-0.15, -0.1) is 0 Å². The molecule has 1 aromatic rings. The predicted molar refractivity (Wildman–Crippen MR) is 41.3 cm³/mol. The molecule has 10 heavy (non-hydrogen) atoms. The van der Waals surface area contributed by atoms with E-state index in [9.17, 15) is 0 Å². The molecule has 0 atom stereocenters. The summed E-state index contributed by atoms with van der Waals surface area (Å²) in [7, 11) is -2.54. The Hall–Kier alpha value is -0.350. The van der Waals surface area contributed by atoms with Gasteiger partial charge in [0.15, 0.2) is 5.15 Å². The average Bonchev–Trinajstić information content (AvgIpc) is 1.96. The van der Waals surface area contributed by atoms with E-state index < -0.39 is 7.04 Å². The molecule has 0 amide bonds. The molecule has 1 rings (SSSR count). The number of ether oxygens (including phenoxy) is 1. The average molecular weight is 226 g/mol. The van der Waals surface area contributed by atoms with E-state index in [4.69, 9.17) is 15.7 Å². The first-order valence-corrected chi connectivity index (χ1v) is 3.42. The summed E-state index contributed by atoms with van der Waals surface area (Å²) in [5.74, 6) is -0.0972. The van der Waals surface area contributed by atoms with Gasteiger partial charge in [0, 0.05) is 0 Å². The van der Waals surface area contributed by atoms with Crippen LogP contribution in [0.2, 0.25) is 5.15 Å². The maximum absolute atomic E-state index is 6.82. The normalized spacial score (nSPS) is 15.2. The first-order chi connectivity index (χ1) is 5.90. The minimum atomic E-state index is -2.54. The zero-order chi connectivity index (χ0) is 10.1. The Labute approximate surface area is 75.7 Å². The van der Waals surface area contributed by atoms with Crippen molar-refractivity contribution in [3.63, 3.8) is 0 Å². The largest absolute Gasteiger partial charge is 0.480 e. The summed E-state index contributed by atoms with van der Waals surface area (Å²) < 4.78 is 25.2. The van der Waals surface area contributed by atoms with E-state index in [0.717, 1.165) is 6.33 Å². The van der Waals surface area contributed by atoms with Crippen LogP contribution in [0.3, 0.4) is 0 Å². The lowest BCUT2D eigenvalue weighted by Gasteiger charge is -1.99. The van der Waals surface area contributed by atoms with Crippen molar-refractivity contribution in [1.82, 2.24) is 9.97 Å². The highest BCUT2D eigenvalue weighted by molar-refractivity contribution is 9.10. The van der Waals surface area contributed by atoms with Crippen LogP contribution in [0.4, 0.5) is 0 Å². The molecule has 1 aromatic heterocycles. The van der Waals surface area contributed by atoms with Crippen molar-refractivity contribution in [1.29, 1.82) is 0 Å². The summed E-state index contributed by atoms with van der Waals surface area (Å²) in [4.78, 5) is 7.21. The van der Waals surface area contributed by atoms with Gasteiger partial charge in [0.25, 0.3) is 0 Å². The molecule has 0 radical (unpaired) electrons. The first-order valence-electron chi connectivity index (χ1n) is 3.75. The summed E-state index contributed by atoms with van der Waals surface area (Å²) in [6.45, 7) is 0. The van der Waals surface area contributed by atoms with E-state index >= 15 is 0 Å². The van der Waals surface area contributed by atoms with Crippen LogP contribution in [0.5, 0.6) is 5.88 Å². The van der Waals surface area contributed by atoms with Gasteiger partial charge in [0.1, 0.15) is 10.8 Å². The zero-order valence-electron chi connectivity index (χ0n) is 7.64. The van der Waals surface area contributed by atoms with Crippen molar-refractivity contribution in [2.75, 3.05) is 7.04 Å². The van der Waals surface area contributed by atoms with Gasteiger partial charge in [0.05, 0.1) is 11.2 Å². The zero-order valence-corrected chi connectivity index (χ0v) is 6.98.